The largest absolute Gasteiger partial charge is 0.370 e. The number of nitrogens with zero attached hydrogens (tertiary/aromatic N) is 3. The van der Waals surface area contributed by atoms with Gasteiger partial charge in [-0.3, -0.25) is 9.88 Å². The second kappa shape index (κ2) is 5.67. The molecule has 0 radical (unpaired) electrons. The second-order valence-electron chi connectivity index (χ2n) is 6.02. The van der Waals surface area contributed by atoms with Crippen LogP contribution >= 0.6 is 11.3 Å². The molecular weight excluding hydrogens is 349 g/mol. The Morgan fingerprint density at radius 2 is 2.00 bits per heavy atom. The van der Waals surface area contributed by atoms with Crippen molar-refractivity contribution in [2.75, 3.05) is 5.32 Å². The van der Waals surface area contributed by atoms with E-state index >= 15 is 0 Å². The van der Waals surface area contributed by atoms with E-state index in [-0.39, 0.29) is 11.8 Å². The van der Waals surface area contributed by atoms with Crippen molar-refractivity contribution in [2.24, 2.45) is 10.7 Å². The first-order valence-electron chi connectivity index (χ1n) is 8.11. The lowest BCUT2D eigenvalue weighted by atomic mass is 10.1. The Kier molecular flexibility index (Phi) is 3.29. The van der Waals surface area contributed by atoms with E-state index < -0.39 is 6.17 Å². The summed E-state index contributed by atoms with van der Waals surface area (Å²) in [6.45, 7) is 0. The number of aliphatic imine (C=N–C) groups is 1. The molecule has 2 aromatic heterocycles. The Labute approximate surface area is 152 Å². The molecule has 0 bridgehead atoms. The van der Waals surface area contributed by atoms with E-state index in [1.54, 1.807) is 23.5 Å². The average molecular weight is 363 g/mol. The molecule has 5 nitrogen and oxygen atoms in total. The predicted octanol–water partition coefficient (Wildman–Crippen LogP) is 4.19. The van der Waals surface area contributed by atoms with Gasteiger partial charge >= 0.3 is 0 Å². The first-order valence-corrected chi connectivity index (χ1v) is 8.99. The number of imidazole rings is 1. The number of nitrogens with two attached hydrogens (primary N) is 1. The molecule has 4 aromatic rings. The van der Waals surface area contributed by atoms with Gasteiger partial charge in [-0.1, -0.05) is 30.3 Å². The minimum absolute atomic E-state index is 0.222. The highest BCUT2D eigenvalue weighted by atomic mass is 32.1. The van der Waals surface area contributed by atoms with Gasteiger partial charge < -0.3 is 5.73 Å². The fourth-order valence-electron chi connectivity index (χ4n) is 3.26. The number of halogens is 1. The van der Waals surface area contributed by atoms with Crippen molar-refractivity contribution < 1.29 is 4.39 Å². The molecule has 1 aliphatic rings. The van der Waals surface area contributed by atoms with E-state index in [1.165, 1.54) is 0 Å². The van der Waals surface area contributed by atoms with E-state index in [0.29, 0.717) is 11.5 Å². The maximum atomic E-state index is 15.0. The van der Waals surface area contributed by atoms with Crippen molar-refractivity contribution in [1.82, 2.24) is 9.55 Å². The maximum absolute atomic E-state index is 15.0. The number of benzene rings is 2. The minimum Gasteiger partial charge on any atom is -0.370 e. The third kappa shape index (κ3) is 2.28. The van der Waals surface area contributed by atoms with Gasteiger partial charge in [-0.25, -0.2) is 14.4 Å². The van der Waals surface area contributed by atoms with Crippen LogP contribution in [0.5, 0.6) is 0 Å². The summed E-state index contributed by atoms with van der Waals surface area (Å²) in [7, 11) is 0. The summed E-state index contributed by atoms with van der Waals surface area (Å²) in [5.41, 5.74) is 8.91. The minimum atomic E-state index is -0.601. The predicted molar refractivity (Wildman–Crippen MR) is 103 cm³/mol. The van der Waals surface area contributed by atoms with Crippen molar-refractivity contribution in [3.8, 4) is 10.4 Å². The molecule has 2 aromatic carbocycles. The van der Waals surface area contributed by atoms with Crippen LogP contribution in [0.1, 0.15) is 11.7 Å². The Morgan fingerprint density at radius 1 is 1.12 bits per heavy atom. The molecule has 7 heteroatoms. The number of thiophene rings is 1. The molecule has 3 N–H and O–H groups in total. The summed E-state index contributed by atoms with van der Waals surface area (Å²) in [4.78, 5) is 10.0. The number of rotatable bonds is 2. The monoisotopic (exact) mass is 363 g/mol. The highest BCUT2D eigenvalue weighted by Gasteiger charge is 2.27. The number of hydrogen-bond donors (Lipinski definition) is 2. The normalized spacial score (nSPS) is 16.2. The Bertz CT molecular complexity index is 1150. The third-order valence-corrected chi connectivity index (χ3v) is 5.34. The lowest BCUT2D eigenvalue weighted by Crippen LogP contribution is -2.31. The van der Waals surface area contributed by atoms with Gasteiger partial charge in [0.2, 0.25) is 5.95 Å². The van der Waals surface area contributed by atoms with Gasteiger partial charge in [0.05, 0.1) is 11.0 Å². The highest BCUT2D eigenvalue weighted by molar-refractivity contribution is 7.13. The molecule has 0 fully saturated rings. The maximum Gasteiger partial charge on any atom is 0.212 e. The Balaban J connectivity index is 1.67. The van der Waals surface area contributed by atoms with Crippen molar-refractivity contribution in [1.29, 1.82) is 0 Å². The Hall–Kier alpha value is -3.19. The van der Waals surface area contributed by atoms with Gasteiger partial charge in [0.1, 0.15) is 5.82 Å². The standard InChI is InChI=1S/C19H14FN5S/c20-13-10-11(16-6-3-9-26-16)7-8-12(13)17-23-18(21)24-19-22-14-4-1-2-5-15(14)25(17)19/h1-10,17H,(H3,21,22,23,24). The van der Waals surface area contributed by atoms with Gasteiger partial charge in [-0.2, -0.15) is 0 Å². The molecule has 1 aliphatic heterocycles. The number of hydrogen-bond acceptors (Lipinski definition) is 5. The number of para-hydroxylation sites is 2. The third-order valence-electron chi connectivity index (χ3n) is 4.43. The number of nitrogens with one attached hydrogen (secondary N) is 1. The van der Waals surface area contributed by atoms with Crippen LogP contribution in [0.25, 0.3) is 21.5 Å². The van der Waals surface area contributed by atoms with E-state index in [1.807, 2.05) is 52.4 Å². The van der Waals surface area contributed by atoms with Crippen LogP contribution in [0, 0.1) is 5.82 Å². The van der Waals surface area contributed by atoms with Crippen LogP contribution in [0.4, 0.5) is 10.3 Å². The molecule has 26 heavy (non-hydrogen) atoms. The van der Waals surface area contributed by atoms with Crippen LogP contribution in [-0.4, -0.2) is 15.5 Å². The first kappa shape index (κ1) is 15.1. The van der Waals surface area contributed by atoms with E-state index in [4.69, 9.17) is 5.73 Å². The van der Waals surface area contributed by atoms with E-state index in [2.05, 4.69) is 15.3 Å². The zero-order valence-corrected chi connectivity index (χ0v) is 14.4. The van der Waals surface area contributed by atoms with Gasteiger partial charge in [0, 0.05) is 10.4 Å². The molecule has 0 spiro atoms. The number of anilines is 1. The molecule has 0 amide bonds. The SMILES string of the molecule is NC1=NC(c2ccc(-c3cccs3)cc2F)n2c(nc3ccccc32)N1. The summed E-state index contributed by atoms with van der Waals surface area (Å²) < 4.78 is 16.9. The van der Waals surface area contributed by atoms with Gasteiger partial charge in [-0.15, -0.1) is 11.3 Å². The highest BCUT2D eigenvalue weighted by Crippen LogP contribution is 2.35. The van der Waals surface area contributed by atoms with Crippen LogP contribution in [0.15, 0.2) is 65.0 Å². The number of fused-ring (bicyclic) bond motifs is 3. The average Bonchev–Trinajstić information content (AvgIpc) is 3.28. The molecule has 0 aliphatic carbocycles. The molecule has 1 atom stereocenters. The molecule has 5 rings (SSSR count). The molecule has 0 saturated carbocycles. The molecule has 1 unspecified atom stereocenters. The van der Waals surface area contributed by atoms with Crippen molar-refractivity contribution in [3.63, 3.8) is 0 Å². The smallest absolute Gasteiger partial charge is 0.212 e. The number of aromatic nitrogens is 2. The number of guanidine groups is 1. The first-order chi connectivity index (χ1) is 12.7. The van der Waals surface area contributed by atoms with Crippen LogP contribution < -0.4 is 11.1 Å². The quantitative estimate of drug-likeness (QED) is 0.561. The molecule has 128 valence electrons. The van der Waals surface area contributed by atoms with Crippen LogP contribution in [-0.2, 0) is 0 Å². The summed E-state index contributed by atoms with van der Waals surface area (Å²) >= 11 is 1.58. The lowest BCUT2D eigenvalue weighted by Gasteiger charge is -2.24. The lowest BCUT2D eigenvalue weighted by molar-refractivity contribution is 0.551. The van der Waals surface area contributed by atoms with Crippen molar-refractivity contribution in [2.45, 2.75) is 6.17 Å². The zero-order chi connectivity index (χ0) is 17.7. The fraction of sp³-hybridized carbons (Fsp3) is 0.0526. The summed E-state index contributed by atoms with van der Waals surface area (Å²) in [6, 6.07) is 16.8. The van der Waals surface area contributed by atoms with Crippen molar-refractivity contribution >= 4 is 34.3 Å². The van der Waals surface area contributed by atoms with E-state index in [9.17, 15) is 4.39 Å². The van der Waals surface area contributed by atoms with Gasteiger partial charge in [0.25, 0.3) is 0 Å². The topological polar surface area (TPSA) is 68.2 Å². The molecule has 3 heterocycles. The summed E-state index contributed by atoms with van der Waals surface area (Å²) in [5.74, 6) is 0.466. The van der Waals surface area contributed by atoms with Gasteiger partial charge in [0.15, 0.2) is 12.1 Å². The van der Waals surface area contributed by atoms with Crippen LogP contribution in [0.2, 0.25) is 0 Å². The molecular formula is C19H14FN5S. The van der Waals surface area contributed by atoms with Crippen molar-refractivity contribution in [3.05, 3.63) is 71.4 Å². The second-order valence-corrected chi connectivity index (χ2v) is 6.97. The fourth-order valence-corrected chi connectivity index (χ4v) is 3.98. The zero-order valence-electron chi connectivity index (χ0n) is 13.6. The van der Waals surface area contributed by atoms with Gasteiger partial charge in [-0.05, 0) is 35.2 Å². The molecule has 0 saturated heterocycles. The van der Waals surface area contributed by atoms with Crippen LogP contribution in [0.3, 0.4) is 0 Å². The van der Waals surface area contributed by atoms with E-state index in [0.717, 1.165) is 21.5 Å². The Morgan fingerprint density at radius 3 is 2.81 bits per heavy atom. The summed E-state index contributed by atoms with van der Waals surface area (Å²) in [5, 5.41) is 4.94. The summed E-state index contributed by atoms with van der Waals surface area (Å²) in [6.07, 6.45) is -0.601.